The summed E-state index contributed by atoms with van der Waals surface area (Å²) in [6.45, 7) is 2.36. The molecule has 0 saturated carbocycles. The number of aromatic nitrogens is 5. The Morgan fingerprint density at radius 1 is 1.21 bits per heavy atom. The Hall–Kier alpha value is -2.28. The van der Waals surface area contributed by atoms with Gasteiger partial charge in [-0.15, -0.1) is 11.3 Å². The number of hydrogen-bond acceptors (Lipinski definition) is 5. The van der Waals surface area contributed by atoms with Gasteiger partial charge < -0.3 is 0 Å². The first-order valence-corrected chi connectivity index (χ1v) is 6.75. The van der Waals surface area contributed by atoms with Crippen LogP contribution in [0.2, 0.25) is 0 Å². The van der Waals surface area contributed by atoms with Gasteiger partial charge in [-0.2, -0.15) is 9.36 Å². The summed E-state index contributed by atoms with van der Waals surface area (Å²) in [6, 6.07) is 7.51. The maximum atomic E-state index is 11.9. The number of hydrogen-bond donors (Lipinski definition) is 0. The highest BCUT2D eigenvalue weighted by Crippen LogP contribution is 2.19. The minimum absolute atomic E-state index is 0.232. The van der Waals surface area contributed by atoms with E-state index in [2.05, 4.69) is 15.4 Å². The van der Waals surface area contributed by atoms with Gasteiger partial charge in [-0.1, -0.05) is 12.1 Å². The van der Waals surface area contributed by atoms with Crippen molar-refractivity contribution in [1.82, 2.24) is 24.8 Å². The van der Waals surface area contributed by atoms with Crippen molar-refractivity contribution in [2.75, 3.05) is 0 Å². The van der Waals surface area contributed by atoms with E-state index < -0.39 is 0 Å². The fourth-order valence-corrected chi connectivity index (χ4v) is 2.32. The van der Waals surface area contributed by atoms with Crippen LogP contribution in [0.5, 0.6) is 0 Å². The zero-order valence-electron chi connectivity index (χ0n) is 10.2. The van der Waals surface area contributed by atoms with Gasteiger partial charge in [0.05, 0.1) is 16.9 Å². The van der Waals surface area contributed by atoms with E-state index in [0.29, 0.717) is 12.2 Å². The SMILES string of the molecule is CCn1nnn(-c2ccc(-c3cscn3)cc2)c1=O. The molecule has 3 aromatic rings. The molecule has 0 spiro atoms. The van der Waals surface area contributed by atoms with Crippen molar-refractivity contribution in [3.05, 3.63) is 45.6 Å². The van der Waals surface area contributed by atoms with Gasteiger partial charge in [0, 0.05) is 17.5 Å². The molecular formula is C12H11N5OS. The average molecular weight is 273 g/mol. The van der Waals surface area contributed by atoms with Crippen molar-refractivity contribution in [2.45, 2.75) is 13.5 Å². The molecule has 1 aromatic carbocycles. The lowest BCUT2D eigenvalue weighted by atomic mass is 10.1. The van der Waals surface area contributed by atoms with Crippen LogP contribution in [0.1, 0.15) is 6.92 Å². The highest BCUT2D eigenvalue weighted by molar-refractivity contribution is 7.07. The van der Waals surface area contributed by atoms with Crippen LogP contribution in [0.25, 0.3) is 16.9 Å². The van der Waals surface area contributed by atoms with Crippen LogP contribution in [0, 0.1) is 0 Å². The van der Waals surface area contributed by atoms with E-state index in [1.165, 1.54) is 9.36 Å². The number of aryl methyl sites for hydroxylation is 1. The van der Waals surface area contributed by atoms with E-state index in [-0.39, 0.29) is 5.69 Å². The normalized spacial score (nSPS) is 10.8. The van der Waals surface area contributed by atoms with E-state index in [1.807, 2.05) is 36.6 Å². The molecule has 0 radical (unpaired) electrons. The Balaban J connectivity index is 1.98. The fraction of sp³-hybridized carbons (Fsp3) is 0.167. The van der Waals surface area contributed by atoms with Crippen molar-refractivity contribution in [3.8, 4) is 16.9 Å². The maximum Gasteiger partial charge on any atom is 0.368 e. The second-order valence-electron chi connectivity index (χ2n) is 3.91. The molecule has 7 heteroatoms. The molecule has 2 aromatic heterocycles. The highest BCUT2D eigenvalue weighted by atomic mass is 32.1. The third kappa shape index (κ3) is 2.08. The van der Waals surface area contributed by atoms with Crippen LogP contribution in [0.4, 0.5) is 0 Å². The van der Waals surface area contributed by atoms with Crippen LogP contribution in [0.15, 0.2) is 40.0 Å². The number of benzene rings is 1. The second-order valence-corrected chi connectivity index (χ2v) is 4.63. The van der Waals surface area contributed by atoms with Crippen molar-refractivity contribution in [3.63, 3.8) is 0 Å². The Morgan fingerprint density at radius 3 is 2.58 bits per heavy atom. The van der Waals surface area contributed by atoms with E-state index in [4.69, 9.17) is 0 Å². The minimum Gasteiger partial charge on any atom is -0.245 e. The molecule has 0 saturated heterocycles. The molecule has 0 aliphatic carbocycles. The largest absolute Gasteiger partial charge is 0.368 e. The van der Waals surface area contributed by atoms with Crippen molar-refractivity contribution >= 4 is 11.3 Å². The lowest BCUT2D eigenvalue weighted by molar-refractivity contribution is 0.609. The Morgan fingerprint density at radius 2 is 2.00 bits per heavy atom. The van der Waals surface area contributed by atoms with Gasteiger partial charge in [0.1, 0.15) is 0 Å². The molecule has 0 N–H and O–H groups in total. The van der Waals surface area contributed by atoms with Gasteiger partial charge in [-0.25, -0.2) is 9.78 Å². The monoisotopic (exact) mass is 273 g/mol. The fourth-order valence-electron chi connectivity index (χ4n) is 1.76. The first kappa shape index (κ1) is 11.8. The van der Waals surface area contributed by atoms with E-state index >= 15 is 0 Å². The predicted molar refractivity (Wildman–Crippen MR) is 72.4 cm³/mol. The minimum atomic E-state index is -0.232. The first-order valence-electron chi connectivity index (χ1n) is 5.81. The lowest BCUT2D eigenvalue weighted by Gasteiger charge is -2.00. The Bertz CT molecular complexity index is 726. The molecule has 6 nitrogen and oxygen atoms in total. The predicted octanol–water partition coefficient (Wildman–Crippen LogP) is 1.57. The summed E-state index contributed by atoms with van der Waals surface area (Å²) >= 11 is 1.55. The molecule has 19 heavy (non-hydrogen) atoms. The lowest BCUT2D eigenvalue weighted by Crippen LogP contribution is -2.23. The van der Waals surface area contributed by atoms with Crippen LogP contribution in [-0.2, 0) is 6.54 Å². The van der Waals surface area contributed by atoms with Crippen LogP contribution in [0.3, 0.4) is 0 Å². The number of nitrogens with zero attached hydrogens (tertiary/aromatic N) is 5. The van der Waals surface area contributed by atoms with Gasteiger partial charge in [-0.3, -0.25) is 0 Å². The molecular weight excluding hydrogens is 262 g/mol. The Kier molecular flexibility index (Phi) is 2.96. The molecule has 0 aliphatic heterocycles. The van der Waals surface area contributed by atoms with Crippen LogP contribution in [-0.4, -0.2) is 24.8 Å². The van der Waals surface area contributed by atoms with Crippen molar-refractivity contribution in [1.29, 1.82) is 0 Å². The first-order chi connectivity index (χ1) is 9.29. The number of rotatable bonds is 3. The average Bonchev–Trinajstić information content (AvgIpc) is 3.08. The summed E-state index contributed by atoms with van der Waals surface area (Å²) in [5, 5.41) is 9.62. The quantitative estimate of drug-likeness (QED) is 0.726. The Labute approximate surface area is 112 Å². The van der Waals surface area contributed by atoms with Crippen molar-refractivity contribution in [2.24, 2.45) is 0 Å². The summed E-state index contributed by atoms with van der Waals surface area (Å²) < 4.78 is 2.60. The van der Waals surface area contributed by atoms with Gasteiger partial charge in [0.15, 0.2) is 0 Å². The van der Waals surface area contributed by atoms with Crippen LogP contribution >= 0.6 is 11.3 Å². The number of thiazole rings is 1. The number of tetrazole rings is 1. The van der Waals surface area contributed by atoms with E-state index in [0.717, 1.165) is 11.3 Å². The zero-order valence-corrected chi connectivity index (χ0v) is 11.0. The van der Waals surface area contributed by atoms with Crippen LogP contribution < -0.4 is 5.69 Å². The summed E-state index contributed by atoms with van der Waals surface area (Å²) in [6.07, 6.45) is 0. The highest BCUT2D eigenvalue weighted by Gasteiger charge is 2.07. The topological polar surface area (TPSA) is 65.6 Å². The molecule has 0 bridgehead atoms. The van der Waals surface area contributed by atoms with Crippen molar-refractivity contribution < 1.29 is 0 Å². The van der Waals surface area contributed by atoms with Gasteiger partial charge in [-0.05, 0) is 29.5 Å². The van der Waals surface area contributed by atoms with Gasteiger partial charge >= 0.3 is 5.69 Å². The third-order valence-electron chi connectivity index (χ3n) is 2.78. The zero-order chi connectivity index (χ0) is 13.2. The molecule has 0 unspecified atom stereocenters. The van der Waals surface area contributed by atoms with E-state index in [9.17, 15) is 4.79 Å². The molecule has 96 valence electrons. The summed E-state index contributed by atoms with van der Waals surface area (Å²) in [7, 11) is 0. The molecule has 0 fully saturated rings. The summed E-state index contributed by atoms with van der Waals surface area (Å²) in [4.78, 5) is 16.1. The standard InChI is InChI=1S/C12H11N5OS/c1-2-16-12(18)17(15-14-16)10-5-3-9(4-6-10)11-7-19-8-13-11/h3-8H,2H2,1H3. The van der Waals surface area contributed by atoms with Gasteiger partial charge in [0.2, 0.25) is 0 Å². The van der Waals surface area contributed by atoms with E-state index in [1.54, 1.807) is 16.8 Å². The molecule has 3 rings (SSSR count). The molecule has 0 amide bonds. The molecule has 0 atom stereocenters. The molecule has 0 aliphatic rings. The third-order valence-corrected chi connectivity index (χ3v) is 3.37. The second kappa shape index (κ2) is 4.77. The summed E-state index contributed by atoms with van der Waals surface area (Å²) in [5.74, 6) is 0. The van der Waals surface area contributed by atoms with Gasteiger partial charge in [0.25, 0.3) is 0 Å². The smallest absolute Gasteiger partial charge is 0.245 e. The maximum absolute atomic E-state index is 11.9. The molecule has 2 heterocycles. The summed E-state index contributed by atoms with van der Waals surface area (Å²) in [5.41, 5.74) is 4.20.